The monoisotopic (exact) mass is 467 g/mol. The molecule has 0 spiro atoms. The topological polar surface area (TPSA) is 55.0 Å². The smallest absolute Gasteiger partial charge is 0.179 e. The molecule has 0 amide bonds. The second-order valence-corrected chi connectivity index (χ2v) is 9.29. The number of hydrogen-bond donors (Lipinski definition) is 0. The first-order valence-corrected chi connectivity index (χ1v) is 12.3. The Hall–Kier alpha value is -3.55. The number of aryl methyl sites for hydroxylation is 3. The summed E-state index contributed by atoms with van der Waals surface area (Å²) in [5.74, 6) is 0.863. The lowest BCUT2D eigenvalue weighted by Gasteiger charge is -2.38. The van der Waals surface area contributed by atoms with Crippen LogP contribution in [0.1, 0.15) is 34.3 Å². The molecule has 0 aliphatic carbocycles. The molecule has 3 heterocycles. The molecule has 7 heteroatoms. The Labute approximate surface area is 207 Å². The molecule has 1 fully saturated rings. The van der Waals surface area contributed by atoms with Crippen LogP contribution < -0.4 is 0 Å². The standard InChI is InChI=1S/C28H33N7/c1-22-10-7-11-23(2)26(22)35-28(29-30-31-35)27(25-15-9-16-32(25)3)34-20-18-33(19-21-34)17-8-14-24-12-5-4-6-13-24/h4-16,27H,17-21H2,1-3H3/t27-/m1/s1. The molecule has 0 radical (unpaired) electrons. The van der Waals surface area contributed by atoms with Crippen molar-refractivity contribution in [1.29, 1.82) is 0 Å². The highest BCUT2D eigenvalue weighted by atomic mass is 15.6. The predicted octanol–water partition coefficient (Wildman–Crippen LogP) is 4.04. The van der Waals surface area contributed by atoms with Crippen LogP contribution in [0.25, 0.3) is 11.8 Å². The normalized spacial score (nSPS) is 16.2. The van der Waals surface area contributed by atoms with Gasteiger partial charge in [0.05, 0.1) is 5.69 Å². The zero-order valence-electron chi connectivity index (χ0n) is 20.7. The van der Waals surface area contributed by atoms with Gasteiger partial charge in [-0.15, -0.1) is 5.10 Å². The Morgan fingerprint density at radius 2 is 1.63 bits per heavy atom. The van der Waals surface area contributed by atoms with Crippen LogP contribution in [0.4, 0.5) is 0 Å². The highest BCUT2D eigenvalue weighted by Gasteiger charge is 2.32. The van der Waals surface area contributed by atoms with Crippen molar-refractivity contribution in [2.24, 2.45) is 7.05 Å². The van der Waals surface area contributed by atoms with Gasteiger partial charge >= 0.3 is 0 Å². The Morgan fingerprint density at radius 3 is 2.31 bits per heavy atom. The first kappa shape index (κ1) is 23.2. The Kier molecular flexibility index (Phi) is 6.88. The molecule has 1 atom stereocenters. The third-order valence-electron chi connectivity index (χ3n) is 6.90. The molecule has 0 saturated carbocycles. The number of hydrogen-bond acceptors (Lipinski definition) is 5. The van der Waals surface area contributed by atoms with Crippen LogP contribution in [-0.2, 0) is 7.05 Å². The van der Waals surface area contributed by atoms with E-state index < -0.39 is 0 Å². The molecule has 4 aromatic rings. The number of piperazine rings is 1. The quantitative estimate of drug-likeness (QED) is 0.411. The van der Waals surface area contributed by atoms with Crippen molar-refractivity contribution in [2.75, 3.05) is 32.7 Å². The number of nitrogens with zero attached hydrogens (tertiary/aromatic N) is 7. The molecule has 2 aromatic heterocycles. The van der Waals surface area contributed by atoms with Gasteiger partial charge in [0, 0.05) is 51.7 Å². The minimum atomic E-state index is -0.0222. The van der Waals surface area contributed by atoms with Crippen LogP contribution in [-0.4, -0.2) is 67.3 Å². The van der Waals surface area contributed by atoms with Gasteiger partial charge in [0.1, 0.15) is 6.04 Å². The maximum absolute atomic E-state index is 4.57. The molecule has 35 heavy (non-hydrogen) atoms. The van der Waals surface area contributed by atoms with Crippen LogP contribution in [0.15, 0.2) is 72.9 Å². The maximum atomic E-state index is 4.57. The van der Waals surface area contributed by atoms with Crippen molar-refractivity contribution in [3.63, 3.8) is 0 Å². The van der Waals surface area contributed by atoms with Crippen molar-refractivity contribution in [2.45, 2.75) is 19.9 Å². The summed E-state index contributed by atoms with van der Waals surface area (Å²) < 4.78 is 4.13. The SMILES string of the molecule is Cc1cccc(C)c1-n1nnnc1[C@@H](c1cccn1C)N1CCN(CC=Cc2ccccc2)CC1. The van der Waals surface area contributed by atoms with Gasteiger partial charge in [-0.2, -0.15) is 4.68 Å². The highest BCUT2D eigenvalue weighted by Crippen LogP contribution is 2.30. The van der Waals surface area contributed by atoms with Crippen LogP contribution in [0, 0.1) is 13.8 Å². The summed E-state index contributed by atoms with van der Waals surface area (Å²) in [6.07, 6.45) is 6.57. The summed E-state index contributed by atoms with van der Waals surface area (Å²) in [4.78, 5) is 5.02. The zero-order valence-corrected chi connectivity index (χ0v) is 20.7. The first-order valence-electron chi connectivity index (χ1n) is 12.3. The van der Waals surface area contributed by atoms with Crippen molar-refractivity contribution in [3.05, 3.63) is 101 Å². The number of aromatic nitrogens is 5. The average molecular weight is 468 g/mol. The summed E-state index contributed by atoms with van der Waals surface area (Å²) in [7, 11) is 2.10. The Balaban J connectivity index is 1.38. The largest absolute Gasteiger partial charge is 0.353 e. The third kappa shape index (κ3) is 4.97. The Morgan fingerprint density at radius 1 is 0.886 bits per heavy atom. The second kappa shape index (κ2) is 10.4. The summed E-state index contributed by atoms with van der Waals surface area (Å²) in [6.45, 7) is 9.11. The number of benzene rings is 2. The summed E-state index contributed by atoms with van der Waals surface area (Å²) in [5.41, 5.74) is 5.84. The first-order chi connectivity index (χ1) is 17.1. The van der Waals surface area contributed by atoms with E-state index in [1.165, 1.54) is 22.4 Å². The van der Waals surface area contributed by atoms with E-state index in [1.807, 2.05) is 4.68 Å². The molecule has 0 unspecified atom stereocenters. The van der Waals surface area contributed by atoms with E-state index in [1.54, 1.807) is 0 Å². The average Bonchev–Trinajstić information content (AvgIpc) is 3.51. The molecule has 2 aromatic carbocycles. The minimum Gasteiger partial charge on any atom is -0.353 e. The van der Waals surface area contributed by atoms with E-state index in [9.17, 15) is 0 Å². The van der Waals surface area contributed by atoms with Crippen molar-refractivity contribution >= 4 is 6.08 Å². The van der Waals surface area contributed by atoms with Crippen molar-refractivity contribution < 1.29 is 0 Å². The third-order valence-corrected chi connectivity index (χ3v) is 6.90. The van der Waals surface area contributed by atoms with Crippen molar-refractivity contribution in [3.8, 4) is 5.69 Å². The molecular formula is C28H33N7. The van der Waals surface area contributed by atoms with Gasteiger partial charge in [-0.3, -0.25) is 9.80 Å². The molecule has 180 valence electrons. The predicted molar refractivity (Wildman–Crippen MR) is 139 cm³/mol. The minimum absolute atomic E-state index is 0.0222. The van der Waals surface area contributed by atoms with E-state index >= 15 is 0 Å². The van der Waals surface area contributed by atoms with Gasteiger partial charge in [-0.25, -0.2) is 0 Å². The van der Waals surface area contributed by atoms with Gasteiger partial charge in [0.2, 0.25) is 0 Å². The van der Waals surface area contributed by atoms with Gasteiger partial charge in [0.15, 0.2) is 5.82 Å². The molecule has 1 saturated heterocycles. The van der Waals surface area contributed by atoms with E-state index in [-0.39, 0.29) is 6.04 Å². The van der Waals surface area contributed by atoms with Crippen LogP contribution in [0.3, 0.4) is 0 Å². The van der Waals surface area contributed by atoms with Crippen LogP contribution in [0.5, 0.6) is 0 Å². The number of rotatable bonds is 7. The fourth-order valence-corrected chi connectivity index (χ4v) is 5.01. The van der Waals surface area contributed by atoms with E-state index in [0.717, 1.165) is 44.2 Å². The maximum Gasteiger partial charge on any atom is 0.179 e. The summed E-state index contributed by atoms with van der Waals surface area (Å²) >= 11 is 0. The molecular weight excluding hydrogens is 434 g/mol. The summed E-state index contributed by atoms with van der Waals surface area (Å²) in [5, 5.41) is 13.1. The molecule has 7 nitrogen and oxygen atoms in total. The van der Waals surface area contributed by atoms with Crippen LogP contribution in [0.2, 0.25) is 0 Å². The van der Waals surface area contributed by atoms with Gasteiger partial charge in [0.25, 0.3) is 0 Å². The van der Waals surface area contributed by atoms with Gasteiger partial charge in [-0.1, -0.05) is 60.7 Å². The molecule has 1 aliphatic heterocycles. The fraction of sp³-hybridized carbons (Fsp3) is 0.321. The lowest BCUT2D eigenvalue weighted by Crippen LogP contribution is -2.48. The van der Waals surface area contributed by atoms with Crippen molar-refractivity contribution in [1.82, 2.24) is 34.6 Å². The lowest BCUT2D eigenvalue weighted by molar-refractivity contribution is 0.111. The Bertz CT molecular complexity index is 1260. The highest BCUT2D eigenvalue weighted by molar-refractivity contribution is 5.49. The molecule has 1 aliphatic rings. The second-order valence-electron chi connectivity index (χ2n) is 9.29. The molecule has 5 rings (SSSR count). The van der Waals surface area contributed by atoms with Gasteiger partial charge in [-0.05, 0) is 53.1 Å². The zero-order chi connectivity index (χ0) is 24.2. The molecule has 0 bridgehead atoms. The van der Waals surface area contributed by atoms with E-state index in [4.69, 9.17) is 0 Å². The fourth-order valence-electron chi connectivity index (χ4n) is 5.01. The van der Waals surface area contributed by atoms with E-state index in [2.05, 4.69) is 130 Å². The lowest BCUT2D eigenvalue weighted by atomic mass is 10.1. The van der Waals surface area contributed by atoms with Gasteiger partial charge < -0.3 is 4.57 Å². The summed E-state index contributed by atoms with van der Waals surface area (Å²) in [6, 6.07) is 21.1. The van der Waals surface area contributed by atoms with Crippen LogP contribution >= 0.6 is 0 Å². The molecule has 0 N–H and O–H groups in total. The van der Waals surface area contributed by atoms with E-state index in [0.29, 0.717) is 0 Å². The number of tetrazole rings is 1. The number of para-hydroxylation sites is 1.